The Morgan fingerprint density at radius 1 is 0.935 bits per heavy atom. The molecule has 3 N–H and O–H groups in total. The van der Waals surface area contributed by atoms with E-state index in [-0.39, 0.29) is 0 Å². The third kappa shape index (κ3) is 4.18. The highest BCUT2D eigenvalue weighted by Gasteiger charge is 2.18. The van der Waals surface area contributed by atoms with E-state index in [2.05, 4.69) is 35.6 Å². The molecule has 3 aromatic heterocycles. The van der Waals surface area contributed by atoms with Crippen molar-refractivity contribution in [2.75, 3.05) is 32.4 Å². The van der Waals surface area contributed by atoms with Gasteiger partial charge in [-0.3, -0.25) is 0 Å². The lowest BCUT2D eigenvalue weighted by Crippen LogP contribution is -1.97. The molecule has 0 unspecified atom stereocenters. The zero-order valence-electron chi connectivity index (χ0n) is 17.7. The number of nitrogens with zero attached hydrogens (tertiary/aromatic N) is 2. The molecule has 4 aromatic rings. The molecule has 7 nitrogen and oxygen atoms in total. The Kier molecular flexibility index (Phi) is 6.03. The number of hydrogen-bond donors (Lipinski definition) is 2. The van der Waals surface area contributed by atoms with Crippen LogP contribution in [0.15, 0.2) is 23.6 Å². The number of benzene rings is 1. The number of thiazole rings is 2. The molecule has 10 heteroatoms. The Bertz CT molecular complexity index is 1200. The Morgan fingerprint density at radius 2 is 1.65 bits per heavy atom. The molecule has 4 rings (SSSR count). The zero-order valence-corrected chi connectivity index (χ0v) is 20.2. The van der Waals surface area contributed by atoms with Crippen LogP contribution in [0.4, 0.5) is 16.6 Å². The number of ether oxygens (including phenoxy) is 3. The lowest BCUT2D eigenvalue weighted by molar-refractivity contribution is 0.324. The van der Waals surface area contributed by atoms with Gasteiger partial charge in [0.15, 0.2) is 16.6 Å². The molecule has 0 aliphatic carbocycles. The molecule has 0 saturated heterocycles. The summed E-state index contributed by atoms with van der Waals surface area (Å²) in [5.74, 6) is 2.09. The predicted molar refractivity (Wildman–Crippen MR) is 130 cm³/mol. The molecule has 0 saturated carbocycles. The summed E-state index contributed by atoms with van der Waals surface area (Å²) in [6, 6.07) is 5.82. The van der Waals surface area contributed by atoms with Gasteiger partial charge in [0.25, 0.3) is 0 Å². The molecular formula is C21H22N4O3S3. The SMILES string of the molecule is COc1cc(Nc2nc(N)c(-c3nc(-c4cc(C)sc4C)cs3)s2)cc(OC)c1OC. The Morgan fingerprint density at radius 3 is 2.23 bits per heavy atom. The molecule has 0 aliphatic heterocycles. The third-order valence-corrected chi connectivity index (χ3v) is 7.53. The normalized spacial score (nSPS) is 10.9. The molecule has 31 heavy (non-hydrogen) atoms. The Hall–Kier alpha value is -2.82. The van der Waals surface area contributed by atoms with Gasteiger partial charge in [0.1, 0.15) is 15.7 Å². The van der Waals surface area contributed by atoms with Crippen molar-refractivity contribution in [3.63, 3.8) is 0 Å². The van der Waals surface area contributed by atoms with Crippen molar-refractivity contribution in [3.05, 3.63) is 33.3 Å². The topological polar surface area (TPSA) is 91.5 Å². The van der Waals surface area contributed by atoms with Crippen LogP contribution in [0.1, 0.15) is 9.75 Å². The van der Waals surface area contributed by atoms with E-state index in [1.807, 2.05) is 12.1 Å². The number of nitrogen functional groups attached to an aromatic ring is 1. The molecule has 1 aromatic carbocycles. The fourth-order valence-electron chi connectivity index (χ4n) is 3.20. The van der Waals surface area contributed by atoms with Gasteiger partial charge in [-0.05, 0) is 19.9 Å². The van der Waals surface area contributed by atoms with E-state index in [1.165, 1.54) is 26.7 Å². The average Bonchev–Trinajstić information content (AvgIpc) is 3.45. The summed E-state index contributed by atoms with van der Waals surface area (Å²) in [5, 5.41) is 6.85. The van der Waals surface area contributed by atoms with Crippen LogP contribution in [0, 0.1) is 13.8 Å². The molecule has 0 bridgehead atoms. The van der Waals surface area contributed by atoms with Crippen LogP contribution >= 0.6 is 34.0 Å². The minimum absolute atomic E-state index is 0.444. The molecular weight excluding hydrogens is 452 g/mol. The van der Waals surface area contributed by atoms with Gasteiger partial charge in [-0.1, -0.05) is 11.3 Å². The molecule has 0 atom stereocenters. The number of thiophene rings is 1. The quantitative estimate of drug-likeness (QED) is 0.341. The number of aryl methyl sites for hydroxylation is 2. The van der Waals surface area contributed by atoms with E-state index in [0.717, 1.165) is 21.3 Å². The molecule has 0 fully saturated rings. The highest BCUT2D eigenvalue weighted by Crippen LogP contribution is 2.43. The maximum Gasteiger partial charge on any atom is 0.203 e. The lowest BCUT2D eigenvalue weighted by atomic mass is 10.2. The maximum atomic E-state index is 6.23. The number of nitrogens with one attached hydrogen (secondary N) is 1. The first-order valence-corrected chi connectivity index (χ1v) is 11.8. The average molecular weight is 475 g/mol. The molecule has 0 aliphatic rings. The second-order valence-corrected chi connectivity index (χ2v) is 9.95. The minimum Gasteiger partial charge on any atom is -0.493 e. The first-order valence-electron chi connectivity index (χ1n) is 9.30. The van der Waals surface area contributed by atoms with E-state index in [9.17, 15) is 0 Å². The van der Waals surface area contributed by atoms with Crippen LogP contribution in [0.5, 0.6) is 17.2 Å². The van der Waals surface area contributed by atoms with Crippen LogP contribution in [0.3, 0.4) is 0 Å². The van der Waals surface area contributed by atoms with Crippen molar-refractivity contribution in [1.29, 1.82) is 0 Å². The molecule has 0 radical (unpaired) electrons. The molecule has 0 amide bonds. The van der Waals surface area contributed by atoms with Gasteiger partial charge in [0.2, 0.25) is 5.75 Å². The predicted octanol–water partition coefficient (Wildman–Crippen LogP) is 5.96. The van der Waals surface area contributed by atoms with Crippen LogP contribution < -0.4 is 25.3 Å². The number of methoxy groups -OCH3 is 3. The number of rotatable bonds is 7. The highest BCUT2D eigenvalue weighted by atomic mass is 32.1. The van der Waals surface area contributed by atoms with E-state index in [1.54, 1.807) is 44.0 Å². The number of nitrogens with two attached hydrogens (primary N) is 1. The van der Waals surface area contributed by atoms with Crippen molar-refractivity contribution in [3.8, 4) is 38.4 Å². The van der Waals surface area contributed by atoms with Crippen LogP contribution in [-0.2, 0) is 0 Å². The zero-order chi connectivity index (χ0) is 22.1. The largest absolute Gasteiger partial charge is 0.493 e. The van der Waals surface area contributed by atoms with E-state index in [0.29, 0.717) is 28.2 Å². The van der Waals surface area contributed by atoms with Crippen LogP contribution in [0.25, 0.3) is 21.1 Å². The van der Waals surface area contributed by atoms with Gasteiger partial charge in [0, 0.05) is 38.5 Å². The summed E-state index contributed by atoms with van der Waals surface area (Å²) < 4.78 is 16.2. The van der Waals surface area contributed by atoms with Crippen molar-refractivity contribution in [2.45, 2.75) is 13.8 Å². The van der Waals surface area contributed by atoms with Gasteiger partial charge < -0.3 is 25.3 Å². The standard InChI is InChI=1S/C21H22N4O3S3/c1-10-6-13(11(2)30-10)14-9-29-20(24-14)18-19(22)25-21(31-18)23-12-7-15(26-3)17(28-5)16(8-12)27-4/h6-9H,22H2,1-5H3,(H,23,25). The van der Waals surface area contributed by atoms with Crippen molar-refractivity contribution in [2.24, 2.45) is 0 Å². The van der Waals surface area contributed by atoms with Gasteiger partial charge in [0.05, 0.1) is 27.0 Å². The van der Waals surface area contributed by atoms with E-state index >= 15 is 0 Å². The fraction of sp³-hybridized carbons (Fsp3) is 0.238. The summed E-state index contributed by atoms with van der Waals surface area (Å²) in [4.78, 5) is 12.7. The Balaban J connectivity index is 1.63. The van der Waals surface area contributed by atoms with E-state index < -0.39 is 0 Å². The Labute approximate surface area is 192 Å². The molecule has 0 spiro atoms. The van der Waals surface area contributed by atoms with Gasteiger partial charge in [-0.15, -0.1) is 22.7 Å². The van der Waals surface area contributed by atoms with Gasteiger partial charge >= 0.3 is 0 Å². The number of aromatic nitrogens is 2. The summed E-state index contributed by atoms with van der Waals surface area (Å²) in [6.45, 7) is 4.23. The monoisotopic (exact) mass is 474 g/mol. The van der Waals surface area contributed by atoms with Crippen molar-refractivity contribution < 1.29 is 14.2 Å². The second kappa shape index (κ2) is 8.74. The smallest absolute Gasteiger partial charge is 0.203 e. The summed E-state index contributed by atoms with van der Waals surface area (Å²) in [7, 11) is 4.73. The fourth-order valence-corrected chi connectivity index (χ4v) is 5.96. The first-order chi connectivity index (χ1) is 14.9. The van der Waals surface area contributed by atoms with Gasteiger partial charge in [-0.25, -0.2) is 9.97 Å². The van der Waals surface area contributed by atoms with Crippen LogP contribution in [-0.4, -0.2) is 31.3 Å². The molecule has 3 heterocycles. The second-order valence-electron chi connectivity index (χ2n) is 6.64. The number of anilines is 3. The van der Waals surface area contributed by atoms with Crippen molar-refractivity contribution in [1.82, 2.24) is 9.97 Å². The lowest BCUT2D eigenvalue weighted by Gasteiger charge is -2.14. The summed E-state index contributed by atoms with van der Waals surface area (Å²) in [6.07, 6.45) is 0. The van der Waals surface area contributed by atoms with E-state index in [4.69, 9.17) is 24.9 Å². The third-order valence-electron chi connectivity index (χ3n) is 4.58. The maximum absolute atomic E-state index is 6.23. The summed E-state index contributed by atoms with van der Waals surface area (Å²) in [5.41, 5.74) is 9.11. The summed E-state index contributed by atoms with van der Waals surface area (Å²) >= 11 is 4.80. The highest BCUT2D eigenvalue weighted by molar-refractivity contribution is 7.23. The van der Waals surface area contributed by atoms with Gasteiger partial charge in [-0.2, -0.15) is 0 Å². The minimum atomic E-state index is 0.444. The van der Waals surface area contributed by atoms with Crippen LogP contribution in [0.2, 0.25) is 0 Å². The first kappa shape index (κ1) is 21.4. The van der Waals surface area contributed by atoms with Crippen molar-refractivity contribution >= 4 is 50.6 Å². The molecule has 162 valence electrons. The number of hydrogen-bond acceptors (Lipinski definition) is 10.